The number of alkyl carbamates (subject to hydrolysis) is 1. The van der Waals surface area contributed by atoms with E-state index in [0.29, 0.717) is 5.82 Å². The first-order valence-electron chi connectivity index (χ1n) is 10.6. The van der Waals surface area contributed by atoms with Crippen molar-refractivity contribution in [2.45, 2.75) is 70.4 Å². The van der Waals surface area contributed by atoms with Gasteiger partial charge in [-0.3, -0.25) is 14.6 Å². The van der Waals surface area contributed by atoms with Gasteiger partial charge in [0.2, 0.25) is 5.91 Å². The van der Waals surface area contributed by atoms with Crippen molar-refractivity contribution in [2.75, 3.05) is 5.32 Å². The zero-order chi connectivity index (χ0) is 21.4. The lowest BCUT2D eigenvalue weighted by Crippen LogP contribution is -2.33. The maximum Gasteiger partial charge on any atom is 0.407 e. The van der Waals surface area contributed by atoms with Gasteiger partial charge in [-0.1, -0.05) is 0 Å². The van der Waals surface area contributed by atoms with Crippen molar-refractivity contribution in [3.8, 4) is 0 Å². The highest BCUT2D eigenvalue weighted by molar-refractivity contribution is 5.94. The third-order valence-electron chi connectivity index (χ3n) is 6.15. The van der Waals surface area contributed by atoms with E-state index in [2.05, 4.69) is 25.9 Å². The lowest BCUT2D eigenvalue weighted by atomic mass is 10.0. The number of aromatic amines is 1. The molecule has 0 aliphatic heterocycles. The van der Waals surface area contributed by atoms with E-state index in [1.54, 1.807) is 0 Å². The summed E-state index contributed by atoms with van der Waals surface area (Å²) in [5.74, 6) is 0.995. The van der Waals surface area contributed by atoms with Crippen LogP contribution in [0.3, 0.4) is 0 Å². The molecule has 2 saturated carbocycles. The number of hydrogen-bond acceptors (Lipinski definition) is 5. The largest absolute Gasteiger partial charge is 0.446 e. The summed E-state index contributed by atoms with van der Waals surface area (Å²) in [6, 6.07) is 1.95. The van der Waals surface area contributed by atoms with Gasteiger partial charge in [0.25, 0.3) is 0 Å². The third kappa shape index (κ3) is 4.34. The molecule has 4 atom stereocenters. The van der Waals surface area contributed by atoms with Crippen molar-refractivity contribution >= 4 is 17.8 Å². The summed E-state index contributed by atoms with van der Waals surface area (Å²) in [6.45, 7) is 5.84. The zero-order valence-corrected chi connectivity index (χ0v) is 17.9. The van der Waals surface area contributed by atoms with Crippen LogP contribution < -0.4 is 10.6 Å². The fourth-order valence-corrected chi connectivity index (χ4v) is 4.29. The van der Waals surface area contributed by atoms with Crippen molar-refractivity contribution in [3.05, 3.63) is 29.2 Å². The van der Waals surface area contributed by atoms with E-state index in [1.165, 1.54) is 0 Å². The fourth-order valence-electron chi connectivity index (χ4n) is 4.29. The first-order chi connectivity index (χ1) is 14.3. The molecule has 0 spiro atoms. The molecule has 2 unspecified atom stereocenters. The molecule has 2 amide bonds. The number of aryl methyl sites for hydroxylation is 1. The summed E-state index contributed by atoms with van der Waals surface area (Å²) in [7, 11) is 1.91. The Morgan fingerprint density at radius 2 is 2.10 bits per heavy atom. The first-order valence-corrected chi connectivity index (χ1v) is 10.6. The normalized spacial score (nSPS) is 25.4. The van der Waals surface area contributed by atoms with Crippen LogP contribution in [0.1, 0.15) is 68.3 Å². The van der Waals surface area contributed by atoms with Gasteiger partial charge in [-0.15, -0.1) is 0 Å². The molecule has 2 aliphatic rings. The lowest BCUT2D eigenvalue weighted by molar-refractivity contribution is -0.117. The number of hydrogen-bond donors (Lipinski definition) is 3. The Morgan fingerprint density at radius 3 is 2.80 bits per heavy atom. The van der Waals surface area contributed by atoms with Crippen LogP contribution in [0.15, 0.2) is 12.3 Å². The molecular weight excluding hydrogens is 384 g/mol. The number of rotatable bonds is 6. The summed E-state index contributed by atoms with van der Waals surface area (Å²) in [6.07, 6.45) is 4.74. The fraction of sp³-hybridized carbons (Fsp3) is 0.619. The van der Waals surface area contributed by atoms with Crippen molar-refractivity contribution < 1.29 is 14.3 Å². The summed E-state index contributed by atoms with van der Waals surface area (Å²) >= 11 is 0. The van der Waals surface area contributed by atoms with E-state index in [1.807, 2.05) is 44.8 Å². The standard InChI is InChI=1S/C21H30N6O3/c1-11(2)23-21(29)30-14-6-5-13(7-14)18-9-19(26-25-18)24-20(28)16-8-15(16)17-10-22-27(4)12(17)3/h9-11,13-16H,5-8H2,1-4H3,(H,23,29)(H2,24,25,26,28)/t13-,14+,15?,16?/m1/s1. The molecule has 30 heavy (non-hydrogen) atoms. The molecule has 0 saturated heterocycles. The number of ether oxygens (including phenoxy) is 1. The summed E-state index contributed by atoms with van der Waals surface area (Å²) in [5.41, 5.74) is 3.23. The Bertz CT molecular complexity index is 933. The van der Waals surface area contributed by atoms with Crippen molar-refractivity contribution in [1.82, 2.24) is 25.3 Å². The minimum absolute atomic E-state index is 0.000656. The average Bonchev–Trinajstić information content (AvgIpc) is 2.97. The Morgan fingerprint density at radius 1 is 1.30 bits per heavy atom. The summed E-state index contributed by atoms with van der Waals surface area (Å²) in [4.78, 5) is 24.4. The van der Waals surface area contributed by atoms with E-state index >= 15 is 0 Å². The molecule has 3 N–H and O–H groups in total. The van der Waals surface area contributed by atoms with Crippen LogP contribution in [0, 0.1) is 12.8 Å². The SMILES string of the molecule is Cc1c(C2CC2C(=O)Nc2cc([C@@H]3CC[C@H](OC(=O)NC(C)C)C3)[nH]n2)cnn1C. The van der Waals surface area contributed by atoms with E-state index in [-0.39, 0.29) is 41.9 Å². The highest BCUT2D eigenvalue weighted by Gasteiger charge is 2.45. The van der Waals surface area contributed by atoms with Crippen LogP contribution in [-0.2, 0) is 16.6 Å². The Hall–Kier alpha value is -2.84. The highest BCUT2D eigenvalue weighted by atomic mass is 16.6. The van der Waals surface area contributed by atoms with Gasteiger partial charge in [-0.05, 0) is 57.9 Å². The average molecular weight is 415 g/mol. The second kappa shape index (κ2) is 8.12. The van der Waals surface area contributed by atoms with Gasteiger partial charge >= 0.3 is 6.09 Å². The van der Waals surface area contributed by atoms with E-state index < -0.39 is 0 Å². The molecule has 4 rings (SSSR count). The molecule has 162 valence electrons. The highest BCUT2D eigenvalue weighted by Crippen LogP contribution is 2.49. The van der Waals surface area contributed by atoms with Crippen LogP contribution >= 0.6 is 0 Å². The van der Waals surface area contributed by atoms with E-state index in [0.717, 1.165) is 42.6 Å². The first kappa shape index (κ1) is 20.4. The molecule has 9 heteroatoms. The maximum atomic E-state index is 12.6. The molecule has 0 bridgehead atoms. The monoisotopic (exact) mass is 414 g/mol. The summed E-state index contributed by atoms with van der Waals surface area (Å²) < 4.78 is 7.33. The maximum absolute atomic E-state index is 12.6. The number of nitrogens with zero attached hydrogens (tertiary/aromatic N) is 3. The molecule has 2 aromatic heterocycles. The molecule has 2 aromatic rings. The van der Waals surface area contributed by atoms with E-state index in [9.17, 15) is 9.59 Å². The lowest BCUT2D eigenvalue weighted by Gasteiger charge is -2.14. The molecule has 0 aromatic carbocycles. The smallest absolute Gasteiger partial charge is 0.407 e. The molecular formula is C21H30N6O3. The molecule has 2 fully saturated rings. The van der Waals surface area contributed by atoms with Crippen LogP contribution in [-0.4, -0.2) is 44.1 Å². The molecule has 2 aliphatic carbocycles. The predicted octanol–water partition coefficient (Wildman–Crippen LogP) is 2.96. The van der Waals surface area contributed by atoms with Gasteiger partial charge < -0.3 is 15.4 Å². The Kier molecular flexibility index (Phi) is 5.53. The van der Waals surface area contributed by atoms with Crippen LogP contribution in [0.4, 0.5) is 10.6 Å². The molecule has 0 radical (unpaired) electrons. The van der Waals surface area contributed by atoms with Crippen molar-refractivity contribution in [2.24, 2.45) is 13.0 Å². The molecule has 2 heterocycles. The number of carbonyl (C=O) groups excluding carboxylic acids is 2. The zero-order valence-electron chi connectivity index (χ0n) is 17.9. The number of nitrogens with one attached hydrogen (secondary N) is 3. The number of amides is 2. The number of anilines is 1. The van der Waals surface area contributed by atoms with Crippen LogP contribution in [0.25, 0.3) is 0 Å². The quantitative estimate of drug-likeness (QED) is 0.672. The van der Waals surface area contributed by atoms with Gasteiger partial charge in [0, 0.05) is 42.4 Å². The van der Waals surface area contributed by atoms with Gasteiger partial charge in [-0.2, -0.15) is 10.2 Å². The Labute approximate surface area is 175 Å². The van der Waals surface area contributed by atoms with Crippen LogP contribution in [0.2, 0.25) is 0 Å². The van der Waals surface area contributed by atoms with Gasteiger partial charge in [0.1, 0.15) is 6.10 Å². The van der Waals surface area contributed by atoms with Crippen molar-refractivity contribution in [1.29, 1.82) is 0 Å². The third-order valence-corrected chi connectivity index (χ3v) is 6.15. The second-order valence-electron chi connectivity index (χ2n) is 8.79. The second-order valence-corrected chi connectivity index (χ2v) is 8.79. The minimum Gasteiger partial charge on any atom is -0.446 e. The van der Waals surface area contributed by atoms with Crippen molar-refractivity contribution in [3.63, 3.8) is 0 Å². The summed E-state index contributed by atoms with van der Waals surface area (Å²) in [5, 5.41) is 17.3. The van der Waals surface area contributed by atoms with Gasteiger partial charge in [0.15, 0.2) is 5.82 Å². The minimum atomic E-state index is -0.365. The van der Waals surface area contributed by atoms with Gasteiger partial charge in [0.05, 0.1) is 6.20 Å². The molecule has 9 nitrogen and oxygen atoms in total. The topological polar surface area (TPSA) is 114 Å². The van der Waals surface area contributed by atoms with Crippen LogP contribution in [0.5, 0.6) is 0 Å². The Balaban J connectivity index is 1.28. The predicted molar refractivity (Wildman–Crippen MR) is 111 cm³/mol. The van der Waals surface area contributed by atoms with E-state index in [4.69, 9.17) is 4.74 Å². The number of aromatic nitrogens is 4. The van der Waals surface area contributed by atoms with Gasteiger partial charge in [-0.25, -0.2) is 4.79 Å². The number of H-pyrrole nitrogens is 1. The number of carbonyl (C=O) groups is 2.